The van der Waals surface area contributed by atoms with Crippen LogP contribution in [0.25, 0.3) is 11.4 Å². The smallest absolute Gasteiger partial charge is 0.182 e. The van der Waals surface area contributed by atoms with Crippen LogP contribution in [0, 0.1) is 5.82 Å². The van der Waals surface area contributed by atoms with E-state index in [2.05, 4.69) is 15.5 Å². The number of hydrogen-bond acceptors (Lipinski definition) is 5. The summed E-state index contributed by atoms with van der Waals surface area (Å²) in [6.45, 7) is 1.27. The number of nitrogens with two attached hydrogens (primary N) is 1. The van der Waals surface area contributed by atoms with Crippen LogP contribution in [-0.2, 0) is 4.74 Å². The first-order valence-corrected chi connectivity index (χ1v) is 5.66. The van der Waals surface area contributed by atoms with E-state index >= 15 is 0 Å². The van der Waals surface area contributed by atoms with Crippen molar-refractivity contribution in [3.63, 3.8) is 0 Å². The predicted molar refractivity (Wildman–Crippen MR) is 62.1 cm³/mol. The number of aromatic nitrogens is 4. The van der Waals surface area contributed by atoms with Gasteiger partial charge < -0.3 is 10.5 Å². The molecule has 1 saturated heterocycles. The minimum atomic E-state index is -0.468. The maximum Gasteiger partial charge on any atom is 0.182 e. The Kier molecular flexibility index (Phi) is 2.67. The van der Waals surface area contributed by atoms with Gasteiger partial charge in [-0.3, -0.25) is 0 Å². The highest BCUT2D eigenvalue weighted by Crippen LogP contribution is 2.25. The standard InChI is InChI=1S/C11H12FN5O/c12-9-5-7(1-2-10(9)13)11-14-15-16-17(11)8-3-4-18-6-8/h1-2,5,8H,3-4,6,13H2. The number of benzene rings is 1. The van der Waals surface area contributed by atoms with Crippen molar-refractivity contribution in [1.82, 2.24) is 20.2 Å². The second-order valence-corrected chi connectivity index (χ2v) is 4.20. The minimum absolute atomic E-state index is 0.107. The SMILES string of the molecule is Nc1ccc(-c2nnnn2C2CCOC2)cc1F. The van der Waals surface area contributed by atoms with Crippen molar-refractivity contribution >= 4 is 5.69 Å². The molecule has 1 atom stereocenters. The number of nitrogens with zero attached hydrogens (tertiary/aromatic N) is 4. The molecule has 2 N–H and O–H groups in total. The summed E-state index contributed by atoms with van der Waals surface area (Å²) in [5.41, 5.74) is 6.17. The molecule has 0 spiro atoms. The molecule has 1 aromatic heterocycles. The maximum absolute atomic E-state index is 13.5. The summed E-state index contributed by atoms with van der Waals surface area (Å²) >= 11 is 0. The van der Waals surface area contributed by atoms with Crippen molar-refractivity contribution in [1.29, 1.82) is 0 Å². The zero-order chi connectivity index (χ0) is 12.5. The summed E-state index contributed by atoms with van der Waals surface area (Å²) in [6, 6.07) is 4.66. The number of halogens is 1. The van der Waals surface area contributed by atoms with E-state index in [0.717, 1.165) is 6.42 Å². The molecule has 18 heavy (non-hydrogen) atoms. The largest absolute Gasteiger partial charge is 0.396 e. The zero-order valence-electron chi connectivity index (χ0n) is 9.58. The van der Waals surface area contributed by atoms with Crippen LogP contribution >= 0.6 is 0 Å². The molecule has 3 rings (SSSR count). The number of rotatable bonds is 2. The van der Waals surface area contributed by atoms with E-state index in [0.29, 0.717) is 24.6 Å². The lowest BCUT2D eigenvalue weighted by Crippen LogP contribution is -2.12. The Morgan fingerprint density at radius 2 is 2.33 bits per heavy atom. The van der Waals surface area contributed by atoms with Gasteiger partial charge in [-0.25, -0.2) is 9.07 Å². The first-order valence-electron chi connectivity index (χ1n) is 5.66. The summed E-state index contributed by atoms with van der Waals surface area (Å²) in [5.74, 6) is 0.0640. The topological polar surface area (TPSA) is 78.9 Å². The lowest BCUT2D eigenvalue weighted by atomic mass is 10.1. The van der Waals surface area contributed by atoms with Gasteiger partial charge in [-0.15, -0.1) is 5.10 Å². The van der Waals surface area contributed by atoms with E-state index < -0.39 is 5.82 Å². The van der Waals surface area contributed by atoms with Crippen LogP contribution in [0.2, 0.25) is 0 Å². The number of nitrogen functional groups attached to an aromatic ring is 1. The molecule has 0 saturated carbocycles. The molecule has 6 nitrogen and oxygen atoms in total. The Labute approximate surface area is 103 Å². The number of hydrogen-bond donors (Lipinski definition) is 1. The molecule has 1 aliphatic rings. The normalized spacial score (nSPS) is 19.3. The molecule has 1 unspecified atom stereocenters. The second kappa shape index (κ2) is 4.34. The van der Waals surface area contributed by atoms with E-state index in [1.54, 1.807) is 10.7 Å². The Morgan fingerprint density at radius 3 is 3.06 bits per heavy atom. The van der Waals surface area contributed by atoms with Crippen LogP contribution in [0.3, 0.4) is 0 Å². The van der Waals surface area contributed by atoms with Crippen molar-refractivity contribution in [2.24, 2.45) is 0 Å². The van der Waals surface area contributed by atoms with E-state index in [4.69, 9.17) is 10.5 Å². The molecule has 7 heteroatoms. The molecule has 1 aliphatic heterocycles. The lowest BCUT2D eigenvalue weighted by Gasteiger charge is -2.10. The lowest BCUT2D eigenvalue weighted by molar-refractivity contribution is 0.184. The first kappa shape index (κ1) is 11.1. The van der Waals surface area contributed by atoms with Crippen molar-refractivity contribution in [2.45, 2.75) is 12.5 Å². The van der Waals surface area contributed by atoms with Gasteiger partial charge in [0, 0.05) is 12.2 Å². The second-order valence-electron chi connectivity index (χ2n) is 4.20. The molecule has 0 bridgehead atoms. The molecule has 94 valence electrons. The van der Waals surface area contributed by atoms with E-state index in [-0.39, 0.29) is 11.7 Å². The third kappa shape index (κ3) is 1.82. The van der Waals surface area contributed by atoms with Crippen LogP contribution in [0.5, 0.6) is 0 Å². The maximum atomic E-state index is 13.5. The van der Waals surface area contributed by atoms with Gasteiger partial charge in [-0.05, 0) is 35.0 Å². The molecule has 2 heterocycles. The van der Waals surface area contributed by atoms with E-state index in [1.165, 1.54) is 12.1 Å². The fourth-order valence-electron chi connectivity index (χ4n) is 2.01. The third-order valence-electron chi connectivity index (χ3n) is 3.00. The quantitative estimate of drug-likeness (QED) is 0.804. The summed E-state index contributed by atoms with van der Waals surface area (Å²) in [4.78, 5) is 0. The predicted octanol–water partition coefficient (Wildman–Crippen LogP) is 1.02. The van der Waals surface area contributed by atoms with E-state index in [1.807, 2.05) is 0 Å². The van der Waals surface area contributed by atoms with Crippen molar-refractivity contribution in [2.75, 3.05) is 18.9 Å². The molecule has 0 radical (unpaired) electrons. The molecular weight excluding hydrogens is 237 g/mol. The summed E-state index contributed by atoms with van der Waals surface area (Å²) in [6.07, 6.45) is 0.857. The van der Waals surface area contributed by atoms with Gasteiger partial charge in [-0.1, -0.05) is 0 Å². The average molecular weight is 249 g/mol. The molecule has 1 fully saturated rings. The summed E-state index contributed by atoms with van der Waals surface area (Å²) in [7, 11) is 0. The Bertz CT molecular complexity index is 564. The highest BCUT2D eigenvalue weighted by Gasteiger charge is 2.23. The molecular formula is C11H12FN5O. The van der Waals surface area contributed by atoms with Gasteiger partial charge >= 0.3 is 0 Å². The summed E-state index contributed by atoms with van der Waals surface area (Å²) in [5, 5.41) is 11.5. The van der Waals surface area contributed by atoms with Gasteiger partial charge in [0.15, 0.2) is 5.82 Å². The highest BCUT2D eigenvalue weighted by molar-refractivity contribution is 5.59. The highest BCUT2D eigenvalue weighted by atomic mass is 19.1. The molecule has 0 aliphatic carbocycles. The van der Waals surface area contributed by atoms with Crippen LogP contribution in [0.4, 0.5) is 10.1 Å². The van der Waals surface area contributed by atoms with Crippen LogP contribution in [0.1, 0.15) is 12.5 Å². The number of tetrazole rings is 1. The fraction of sp³-hybridized carbons (Fsp3) is 0.364. The zero-order valence-corrected chi connectivity index (χ0v) is 9.58. The van der Waals surface area contributed by atoms with Crippen molar-refractivity contribution in [3.05, 3.63) is 24.0 Å². The van der Waals surface area contributed by atoms with E-state index in [9.17, 15) is 4.39 Å². The van der Waals surface area contributed by atoms with Crippen molar-refractivity contribution in [3.8, 4) is 11.4 Å². The monoisotopic (exact) mass is 249 g/mol. The first-order chi connectivity index (χ1) is 8.75. The van der Waals surface area contributed by atoms with Gasteiger partial charge in [0.05, 0.1) is 18.3 Å². The van der Waals surface area contributed by atoms with Gasteiger partial charge in [0.2, 0.25) is 0 Å². The van der Waals surface area contributed by atoms with Crippen LogP contribution in [0.15, 0.2) is 18.2 Å². The number of ether oxygens (including phenoxy) is 1. The van der Waals surface area contributed by atoms with Gasteiger partial charge in [0.1, 0.15) is 5.82 Å². The van der Waals surface area contributed by atoms with Crippen LogP contribution < -0.4 is 5.73 Å². The average Bonchev–Trinajstić information content (AvgIpc) is 3.00. The molecule has 2 aromatic rings. The Morgan fingerprint density at radius 1 is 1.44 bits per heavy atom. The third-order valence-corrected chi connectivity index (χ3v) is 3.00. The Hall–Kier alpha value is -2.02. The molecule has 1 aromatic carbocycles. The van der Waals surface area contributed by atoms with Gasteiger partial charge in [0.25, 0.3) is 0 Å². The molecule has 0 amide bonds. The number of anilines is 1. The van der Waals surface area contributed by atoms with Gasteiger partial charge in [-0.2, -0.15) is 0 Å². The minimum Gasteiger partial charge on any atom is -0.396 e. The fourth-order valence-corrected chi connectivity index (χ4v) is 2.01. The Balaban J connectivity index is 2.00. The van der Waals surface area contributed by atoms with Crippen LogP contribution in [-0.4, -0.2) is 33.4 Å². The summed E-state index contributed by atoms with van der Waals surface area (Å²) < 4.78 is 20.4. The van der Waals surface area contributed by atoms with Crippen molar-refractivity contribution < 1.29 is 9.13 Å².